The minimum atomic E-state index is 0.489. The van der Waals surface area contributed by atoms with Crippen molar-refractivity contribution in [2.24, 2.45) is 5.92 Å². The van der Waals surface area contributed by atoms with Gasteiger partial charge in [0.25, 0.3) is 0 Å². The second-order valence-electron chi connectivity index (χ2n) is 7.98. The standard InChI is InChI=1S/C25H25N5OS2/c1-17-14-26-12-10-20(17)21-16-32-25(29-21)30-24-22(31-18-7-3-2-4-8-18)13-19(15-28-24)33-23-9-5-6-11-27-23/h2-9,11,13,15-17,20,26H,10,12,14H2,1H3,(H,28,29,30). The molecule has 1 fully saturated rings. The average Bonchev–Trinajstić information content (AvgIpc) is 3.31. The minimum Gasteiger partial charge on any atom is -0.453 e. The molecular weight excluding hydrogens is 450 g/mol. The van der Waals surface area contributed by atoms with E-state index in [1.165, 1.54) is 0 Å². The van der Waals surface area contributed by atoms with Crippen LogP contribution in [-0.4, -0.2) is 28.0 Å². The lowest BCUT2D eigenvalue weighted by Crippen LogP contribution is -2.33. The summed E-state index contributed by atoms with van der Waals surface area (Å²) in [6, 6.07) is 17.6. The molecular formula is C25H25N5OS2. The SMILES string of the molecule is CC1CNCCC1c1csc(Nc2ncc(Sc3ccccn3)cc2Oc2ccccc2)n1. The Kier molecular flexibility index (Phi) is 6.85. The minimum absolute atomic E-state index is 0.489. The molecule has 33 heavy (non-hydrogen) atoms. The van der Waals surface area contributed by atoms with Crippen LogP contribution in [0.15, 0.2) is 82.3 Å². The Balaban J connectivity index is 1.40. The summed E-state index contributed by atoms with van der Waals surface area (Å²) in [6.45, 7) is 4.37. The van der Waals surface area contributed by atoms with Crippen LogP contribution in [-0.2, 0) is 0 Å². The van der Waals surface area contributed by atoms with Crippen LogP contribution in [0.2, 0.25) is 0 Å². The van der Waals surface area contributed by atoms with E-state index < -0.39 is 0 Å². The van der Waals surface area contributed by atoms with Gasteiger partial charge in [-0.05, 0) is 49.7 Å². The third kappa shape index (κ3) is 5.52. The zero-order chi connectivity index (χ0) is 22.5. The molecule has 1 saturated heterocycles. The van der Waals surface area contributed by atoms with E-state index in [0.717, 1.165) is 46.0 Å². The molecule has 0 amide bonds. The van der Waals surface area contributed by atoms with Gasteiger partial charge in [0.2, 0.25) is 0 Å². The van der Waals surface area contributed by atoms with Crippen LogP contribution in [0.5, 0.6) is 11.5 Å². The van der Waals surface area contributed by atoms with Gasteiger partial charge in [0, 0.05) is 34.7 Å². The van der Waals surface area contributed by atoms with E-state index in [4.69, 9.17) is 9.72 Å². The van der Waals surface area contributed by atoms with Gasteiger partial charge in [-0.15, -0.1) is 11.3 Å². The highest BCUT2D eigenvalue weighted by atomic mass is 32.2. The van der Waals surface area contributed by atoms with Crippen LogP contribution in [0, 0.1) is 5.92 Å². The van der Waals surface area contributed by atoms with Gasteiger partial charge in [-0.2, -0.15) is 0 Å². The summed E-state index contributed by atoms with van der Waals surface area (Å²) in [5.41, 5.74) is 1.16. The number of hydrogen-bond acceptors (Lipinski definition) is 8. The fourth-order valence-corrected chi connectivity index (χ4v) is 5.41. The van der Waals surface area contributed by atoms with E-state index in [2.05, 4.69) is 32.9 Å². The first-order chi connectivity index (χ1) is 16.2. The summed E-state index contributed by atoms with van der Waals surface area (Å²) in [4.78, 5) is 14.9. The van der Waals surface area contributed by atoms with E-state index in [1.54, 1.807) is 29.3 Å². The summed E-state index contributed by atoms with van der Waals surface area (Å²) in [5.74, 6) is 3.11. The number of benzene rings is 1. The summed E-state index contributed by atoms with van der Waals surface area (Å²) < 4.78 is 6.21. The second kappa shape index (κ2) is 10.3. The quantitative estimate of drug-likeness (QED) is 0.323. The van der Waals surface area contributed by atoms with E-state index in [-0.39, 0.29) is 0 Å². The summed E-state index contributed by atoms with van der Waals surface area (Å²) in [6.07, 6.45) is 4.74. The van der Waals surface area contributed by atoms with Crippen LogP contribution < -0.4 is 15.4 Å². The van der Waals surface area contributed by atoms with Crippen molar-refractivity contribution in [2.75, 3.05) is 18.4 Å². The fourth-order valence-electron chi connectivity index (χ4n) is 3.87. The molecule has 0 aliphatic carbocycles. The van der Waals surface area contributed by atoms with Gasteiger partial charge < -0.3 is 15.4 Å². The Morgan fingerprint density at radius 3 is 2.82 bits per heavy atom. The maximum absolute atomic E-state index is 6.21. The molecule has 0 spiro atoms. The van der Waals surface area contributed by atoms with Crippen molar-refractivity contribution < 1.29 is 4.74 Å². The van der Waals surface area contributed by atoms with Gasteiger partial charge in [0.15, 0.2) is 16.7 Å². The van der Waals surface area contributed by atoms with Crippen molar-refractivity contribution in [3.05, 3.63) is 78.1 Å². The molecule has 8 heteroatoms. The number of piperidine rings is 1. The number of nitrogens with zero attached hydrogens (tertiary/aromatic N) is 3. The molecule has 5 rings (SSSR count). The van der Waals surface area contributed by atoms with Crippen LogP contribution in [0.3, 0.4) is 0 Å². The van der Waals surface area contributed by atoms with E-state index in [1.807, 2.05) is 60.8 Å². The van der Waals surface area contributed by atoms with Crippen molar-refractivity contribution in [3.8, 4) is 11.5 Å². The van der Waals surface area contributed by atoms with Crippen LogP contribution >= 0.6 is 23.1 Å². The Hall–Kier alpha value is -2.94. The molecule has 0 bridgehead atoms. The first-order valence-electron chi connectivity index (χ1n) is 11.0. The molecule has 0 radical (unpaired) electrons. The van der Waals surface area contributed by atoms with Crippen LogP contribution in [0.1, 0.15) is 25.0 Å². The van der Waals surface area contributed by atoms with Crippen molar-refractivity contribution in [3.63, 3.8) is 0 Å². The van der Waals surface area contributed by atoms with Crippen molar-refractivity contribution >= 4 is 34.0 Å². The predicted molar refractivity (Wildman–Crippen MR) is 134 cm³/mol. The van der Waals surface area contributed by atoms with Gasteiger partial charge in [-0.3, -0.25) is 0 Å². The van der Waals surface area contributed by atoms with E-state index in [0.29, 0.717) is 23.4 Å². The Bertz CT molecular complexity index is 1190. The number of anilines is 2. The number of nitrogens with one attached hydrogen (secondary N) is 2. The highest BCUT2D eigenvalue weighted by molar-refractivity contribution is 7.99. The Morgan fingerprint density at radius 1 is 1.12 bits per heavy atom. The largest absolute Gasteiger partial charge is 0.453 e. The molecule has 168 valence electrons. The highest BCUT2D eigenvalue weighted by Crippen LogP contribution is 2.37. The molecule has 3 aromatic heterocycles. The first-order valence-corrected chi connectivity index (χ1v) is 12.7. The number of para-hydroxylation sites is 1. The number of pyridine rings is 2. The van der Waals surface area contributed by atoms with Crippen molar-refractivity contribution in [1.82, 2.24) is 20.3 Å². The maximum Gasteiger partial charge on any atom is 0.188 e. The third-order valence-corrected chi connectivity index (χ3v) is 7.26. The van der Waals surface area contributed by atoms with Gasteiger partial charge in [-0.25, -0.2) is 15.0 Å². The fraction of sp³-hybridized carbons (Fsp3) is 0.240. The molecule has 1 aliphatic rings. The number of rotatable bonds is 7. The zero-order valence-corrected chi connectivity index (χ0v) is 19.9. The number of hydrogen-bond donors (Lipinski definition) is 2. The monoisotopic (exact) mass is 475 g/mol. The summed E-state index contributed by atoms with van der Waals surface area (Å²) in [7, 11) is 0. The molecule has 4 aromatic rings. The third-order valence-electron chi connectivity index (χ3n) is 5.57. The van der Waals surface area contributed by atoms with Gasteiger partial charge >= 0.3 is 0 Å². The first kappa shape index (κ1) is 21.9. The van der Waals surface area contributed by atoms with E-state index in [9.17, 15) is 0 Å². The molecule has 2 N–H and O–H groups in total. The zero-order valence-electron chi connectivity index (χ0n) is 18.3. The van der Waals surface area contributed by atoms with Crippen LogP contribution in [0.25, 0.3) is 0 Å². The molecule has 2 unspecified atom stereocenters. The topological polar surface area (TPSA) is 72.0 Å². The normalized spacial score (nSPS) is 18.1. The molecule has 1 aromatic carbocycles. The number of aromatic nitrogens is 3. The smallest absolute Gasteiger partial charge is 0.188 e. The van der Waals surface area contributed by atoms with Gasteiger partial charge in [0.05, 0.1) is 5.69 Å². The summed E-state index contributed by atoms with van der Waals surface area (Å²) in [5, 5.41) is 10.7. The molecule has 0 saturated carbocycles. The predicted octanol–water partition coefficient (Wildman–Crippen LogP) is 6.33. The summed E-state index contributed by atoms with van der Waals surface area (Å²) >= 11 is 3.16. The lowest BCUT2D eigenvalue weighted by atomic mass is 9.86. The Morgan fingerprint density at radius 2 is 2.00 bits per heavy atom. The maximum atomic E-state index is 6.21. The highest BCUT2D eigenvalue weighted by Gasteiger charge is 2.25. The molecule has 2 atom stereocenters. The van der Waals surface area contributed by atoms with Crippen LogP contribution in [0.4, 0.5) is 10.9 Å². The number of thiazole rings is 1. The lowest BCUT2D eigenvalue weighted by Gasteiger charge is -2.28. The lowest BCUT2D eigenvalue weighted by molar-refractivity contribution is 0.345. The second-order valence-corrected chi connectivity index (χ2v) is 9.93. The molecule has 4 heterocycles. The molecule has 6 nitrogen and oxygen atoms in total. The van der Waals surface area contributed by atoms with Crippen molar-refractivity contribution in [1.29, 1.82) is 0 Å². The number of ether oxygens (including phenoxy) is 1. The van der Waals surface area contributed by atoms with E-state index >= 15 is 0 Å². The Labute approximate surface area is 201 Å². The average molecular weight is 476 g/mol. The van der Waals surface area contributed by atoms with Crippen molar-refractivity contribution in [2.45, 2.75) is 29.2 Å². The van der Waals surface area contributed by atoms with Gasteiger partial charge in [-0.1, -0.05) is 43.0 Å². The molecule has 1 aliphatic heterocycles. The van der Waals surface area contributed by atoms with Gasteiger partial charge in [0.1, 0.15) is 10.8 Å².